The van der Waals surface area contributed by atoms with Crippen LogP contribution in [0.1, 0.15) is 18.4 Å². The molecule has 2 aliphatic heterocycles. The van der Waals surface area contributed by atoms with E-state index in [9.17, 15) is 14.4 Å². The molecule has 0 atom stereocenters. The largest absolute Gasteiger partial charge is 0.497 e. The number of nitrogens with zero attached hydrogens (tertiary/aromatic N) is 2. The number of amides is 3. The number of hydrogen-bond acceptors (Lipinski definition) is 5. The Balaban J connectivity index is 1.62. The average Bonchev–Trinajstić information content (AvgIpc) is 3.27. The fourth-order valence-electron chi connectivity index (χ4n) is 2.81. The molecule has 3 rings (SSSR count). The molecule has 2 fully saturated rings. The number of hydrogen-bond donors (Lipinski definition) is 0. The van der Waals surface area contributed by atoms with Gasteiger partial charge in [-0.1, -0.05) is 24.3 Å². The van der Waals surface area contributed by atoms with Crippen LogP contribution >= 0.6 is 11.8 Å². The van der Waals surface area contributed by atoms with Crippen LogP contribution in [-0.2, 0) is 9.59 Å². The first-order valence-corrected chi connectivity index (χ1v) is 9.24. The molecule has 2 saturated heterocycles. The third-order valence-electron chi connectivity index (χ3n) is 4.28. The van der Waals surface area contributed by atoms with Crippen LogP contribution in [0.25, 0.3) is 6.08 Å². The Morgan fingerprint density at radius 2 is 1.88 bits per heavy atom. The highest BCUT2D eigenvalue weighted by molar-refractivity contribution is 8.18. The highest BCUT2D eigenvalue weighted by atomic mass is 32.2. The lowest BCUT2D eigenvalue weighted by Gasteiger charge is -2.18. The molecule has 136 valence electrons. The average molecular weight is 372 g/mol. The number of allylic oxidation sites excluding steroid dienone is 2. The molecule has 0 unspecified atom stereocenters. The molecule has 2 heterocycles. The van der Waals surface area contributed by atoms with E-state index in [2.05, 4.69) is 0 Å². The summed E-state index contributed by atoms with van der Waals surface area (Å²) in [6.07, 6.45) is 7.12. The Morgan fingerprint density at radius 1 is 1.19 bits per heavy atom. The van der Waals surface area contributed by atoms with Crippen LogP contribution in [0, 0.1) is 0 Å². The van der Waals surface area contributed by atoms with Crippen molar-refractivity contribution < 1.29 is 19.1 Å². The van der Waals surface area contributed by atoms with Gasteiger partial charge >= 0.3 is 0 Å². The van der Waals surface area contributed by atoms with E-state index in [0.29, 0.717) is 18.0 Å². The second-order valence-electron chi connectivity index (χ2n) is 6.01. The second-order valence-corrected chi connectivity index (χ2v) is 7.00. The zero-order chi connectivity index (χ0) is 18.5. The van der Waals surface area contributed by atoms with E-state index in [-0.39, 0.29) is 12.5 Å². The Hall–Kier alpha value is -2.54. The lowest BCUT2D eigenvalue weighted by Crippen LogP contribution is -2.40. The summed E-state index contributed by atoms with van der Waals surface area (Å²) in [5.74, 6) is 0.192. The van der Waals surface area contributed by atoms with Crippen molar-refractivity contribution in [3.63, 3.8) is 0 Å². The van der Waals surface area contributed by atoms with E-state index in [1.807, 2.05) is 30.3 Å². The number of thioether (sulfide) groups is 1. The predicted octanol–water partition coefficient (Wildman–Crippen LogP) is 2.91. The van der Waals surface area contributed by atoms with Crippen molar-refractivity contribution in [1.29, 1.82) is 0 Å². The van der Waals surface area contributed by atoms with Crippen molar-refractivity contribution in [1.82, 2.24) is 9.80 Å². The van der Waals surface area contributed by atoms with Crippen LogP contribution in [-0.4, -0.2) is 53.6 Å². The number of carbonyl (C=O) groups excluding carboxylic acids is 3. The van der Waals surface area contributed by atoms with Crippen LogP contribution < -0.4 is 4.74 Å². The standard InChI is InChI=1S/C19H20N2O4S/c1-25-15-9-7-14(8-10-15)5-4-6-16-18(23)21(19(24)26-16)13-17(22)20-11-2-3-12-20/h4-10H,2-3,11-13H2,1H3/b5-4+,16-6+. The second kappa shape index (κ2) is 8.23. The fraction of sp³-hybridized carbons (Fsp3) is 0.316. The topological polar surface area (TPSA) is 66.9 Å². The monoisotopic (exact) mass is 372 g/mol. The van der Waals surface area contributed by atoms with Gasteiger partial charge in [0.05, 0.1) is 12.0 Å². The number of ether oxygens (including phenoxy) is 1. The Kier molecular flexibility index (Phi) is 5.78. The van der Waals surface area contributed by atoms with E-state index < -0.39 is 11.1 Å². The molecule has 6 nitrogen and oxygen atoms in total. The van der Waals surface area contributed by atoms with Gasteiger partial charge in [-0.05, 0) is 48.4 Å². The number of imide groups is 1. The molecular formula is C19H20N2O4S. The Bertz CT molecular complexity index is 764. The molecule has 0 radical (unpaired) electrons. The van der Waals surface area contributed by atoms with Gasteiger partial charge < -0.3 is 9.64 Å². The summed E-state index contributed by atoms with van der Waals surface area (Å²) in [7, 11) is 1.61. The van der Waals surface area contributed by atoms with Gasteiger partial charge in [0.1, 0.15) is 12.3 Å². The quantitative estimate of drug-likeness (QED) is 0.744. The van der Waals surface area contributed by atoms with E-state index in [4.69, 9.17) is 4.74 Å². The third kappa shape index (κ3) is 4.16. The molecule has 2 aliphatic rings. The van der Waals surface area contributed by atoms with Crippen molar-refractivity contribution in [2.75, 3.05) is 26.7 Å². The Morgan fingerprint density at radius 3 is 2.54 bits per heavy atom. The van der Waals surface area contributed by atoms with Gasteiger partial charge in [0, 0.05) is 13.1 Å². The minimum Gasteiger partial charge on any atom is -0.497 e. The van der Waals surface area contributed by atoms with Gasteiger partial charge in [-0.3, -0.25) is 19.3 Å². The van der Waals surface area contributed by atoms with Gasteiger partial charge in [-0.2, -0.15) is 0 Å². The van der Waals surface area contributed by atoms with Gasteiger partial charge in [-0.15, -0.1) is 0 Å². The predicted molar refractivity (Wildman–Crippen MR) is 101 cm³/mol. The minimum atomic E-state index is -0.410. The number of methoxy groups -OCH3 is 1. The van der Waals surface area contributed by atoms with E-state index in [1.54, 1.807) is 24.2 Å². The molecule has 26 heavy (non-hydrogen) atoms. The van der Waals surface area contributed by atoms with Gasteiger partial charge in [0.15, 0.2) is 0 Å². The minimum absolute atomic E-state index is 0.167. The maximum Gasteiger partial charge on any atom is 0.294 e. The maximum absolute atomic E-state index is 12.4. The van der Waals surface area contributed by atoms with E-state index >= 15 is 0 Å². The first-order chi connectivity index (χ1) is 12.6. The summed E-state index contributed by atoms with van der Waals surface area (Å²) in [4.78, 5) is 39.7. The van der Waals surface area contributed by atoms with Crippen LogP contribution in [0.15, 0.2) is 41.3 Å². The first-order valence-electron chi connectivity index (χ1n) is 8.42. The van der Waals surface area contributed by atoms with Crippen LogP contribution in [0.5, 0.6) is 5.75 Å². The van der Waals surface area contributed by atoms with Gasteiger partial charge in [0.2, 0.25) is 5.91 Å². The zero-order valence-corrected chi connectivity index (χ0v) is 15.3. The number of likely N-dealkylation sites (tertiary alicyclic amines) is 1. The van der Waals surface area contributed by atoms with Crippen LogP contribution in [0.2, 0.25) is 0 Å². The number of carbonyl (C=O) groups is 3. The van der Waals surface area contributed by atoms with Crippen molar-refractivity contribution in [3.05, 3.63) is 46.9 Å². The van der Waals surface area contributed by atoms with E-state index in [1.165, 1.54) is 0 Å². The van der Waals surface area contributed by atoms with Crippen molar-refractivity contribution in [2.45, 2.75) is 12.8 Å². The van der Waals surface area contributed by atoms with Crippen LogP contribution in [0.4, 0.5) is 4.79 Å². The molecule has 0 aromatic heterocycles. The maximum atomic E-state index is 12.4. The molecular weight excluding hydrogens is 352 g/mol. The summed E-state index contributed by atoms with van der Waals surface area (Å²) in [6, 6.07) is 7.47. The molecule has 0 spiro atoms. The molecule has 7 heteroatoms. The summed E-state index contributed by atoms with van der Waals surface area (Å²) in [5.41, 5.74) is 0.950. The molecule has 0 bridgehead atoms. The molecule has 1 aromatic carbocycles. The molecule has 0 saturated carbocycles. The molecule has 1 aromatic rings. The van der Waals surface area contributed by atoms with Crippen molar-refractivity contribution in [3.8, 4) is 5.75 Å². The third-order valence-corrected chi connectivity index (χ3v) is 5.20. The van der Waals surface area contributed by atoms with Crippen molar-refractivity contribution in [2.24, 2.45) is 0 Å². The van der Waals surface area contributed by atoms with Gasteiger partial charge in [0.25, 0.3) is 11.1 Å². The summed E-state index contributed by atoms with van der Waals surface area (Å²) < 4.78 is 5.10. The fourth-order valence-corrected chi connectivity index (χ4v) is 3.60. The smallest absolute Gasteiger partial charge is 0.294 e. The first kappa shape index (κ1) is 18.3. The normalized spacial score (nSPS) is 19.2. The Labute approximate surface area is 156 Å². The lowest BCUT2D eigenvalue weighted by molar-refractivity contribution is -0.135. The summed E-state index contributed by atoms with van der Waals surface area (Å²) >= 11 is 0.864. The molecule has 0 N–H and O–H groups in total. The molecule has 0 aliphatic carbocycles. The SMILES string of the molecule is COc1ccc(/C=C/C=C2/SC(=O)N(CC(=O)N3CCCC3)C2=O)cc1. The van der Waals surface area contributed by atoms with Crippen molar-refractivity contribution >= 4 is 34.9 Å². The summed E-state index contributed by atoms with van der Waals surface area (Å²) in [6.45, 7) is 1.23. The molecule has 3 amide bonds. The lowest BCUT2D eigenvalue weighted by atomic mass is 10.2. The highest BCUT2D eigenvalue weighted by Crippen LogP contribution is 2.30. The van der Waals surface area contributed by atoms with Gasteiger partial charge in [-0.25, -0.2) is 0 Å². The summed E-state index contributed by atoms with van der Waals surface area (Å²) in [5, 5.41) is -0.397. The number of benzene rings is 1. The van der Waals surface area contributed by atoms with Crippen LogP contribution in [0.3, 0.4) is 0 Å². The van der Waals surface area contributed by atoms with E-state index in [0.717, 1.165) is 40.8 Å². The number of rotatable bonds is 5. The zero-order valence-electron chi connectivity index (χ0n) is 14.5. The highest BCUT2D eigenvalue weighted by Gasteiger charge is 2.37.